The van der Waals surface area contributed by atoms with Crippen LogP contribution >= 0.6 is 0 Å². The Bertz CT molecular complexity index is 773. The molecule has 4 rings (SSSR count). The van der Waals surface area contributed by atoms with Crippen LogP contribution < -0.4 is 4.74 Å². The quantitative estimate of drug-likeness (QED) is 0.857. The van der Waals surface area contributed by atoms with Crippen molar-refractivity contribution in [2.45, 2.75) is 38.2 Å². The second kappa shape index (κ2) is 6.46. The SMILES string of the molecule is O=C(C1CC(F)C1)N1Cc2cccn2C[C@H](Oc2ncccc2F)C1. The van der Waals surface area contributed by atoms with Gasteiger partial charge >= 0.3 is 0 Å². The molecule has 0 unspecified atom stereocenters. The van der Waals surface area contributed by atoms with Gasteiger partial charge in [-0.25, -0.2) is 13.8 Å². The van der Waals surface area contributed by atoms with Gasteiger partial charge in [-0.05, 0) is 37.1 Å². The predicted octanol–water partition coefficient (Wildman–Crippen LogP) is 2.56. The molecule has 0 bridgehead atoms. The van der Waals surface area contributed by atoms with Crippen molar-refractivity contribution in [2.75, 3.05) is 6.54 Å². The number of rotatable bonds is 3. The van der Waals surface area contributed by atoms with E-state index in [1.165, 1.54) is 18.3 Å². The molecule has 1 aliphatic carbocycles. The molecule has 0 spiro atoms. The molecule has 25 heavy (non-hydrogen) atoms. The molecule has 1 fully saturated rings. The van der Waals surface area contributed by atoms with E-state index in [2.05, 4.69) is 4.98 Å². The lowest BCUT2D eigenvalue weighted by molar-refractivity contribution is -0.142. The number of carbonyl (C=O) groups is 1. The maximum absolute atomic E-state index is 13.9. The molecule has 3 heterocycles. The van der Waals surface area contributed by atoms with Crippen LogP contribution in [0.3, 0.4) is 0 Å². The first-order chi connectivity index (χ1) is 12.1. The number of carbonyl (C=O) groups excluding carboxylic acids is 1. The smallest absolute Gasteiger partial charge is 0.250 e. The van der Waals surface area contributed by atoms with Gasteiger partial charge in [-0.15, -0.1) is 0 Å². The first kappa shape index (κ1) is 16.1. The van der Waals surface area contributed by atoms with Gasteiger partial charge in [0, 0.05) is 24.0 Å². The normalized spacial score (nSPS) is 25.7. The summed E-state index contributed by atoms with van der Waals surface area (Å²) in [7, 11) is 0. The summed E-state index contributed by atoms with van der Waals surface area (Å²) in [6, 6.07) is 6.64. The van der Waals surface area contributed by atoms with E-state index in [0.29, 0.717) is 19.6 Å². The van der Waals surface area contributed by atoms with E-state index in [0.717, 1.165) is 5.69 Å². The molecular formula is C18H19F2N3O2. The Morgan fingerprint density at radius 1 is 1.24 bits per heavy atom. The number of aromatic nitrogens is 2. The van der Waals surface area contributed by atoms with Crippen molar-refractivity contribution >= 4 is 5.91 Å². The molecule has 2 aromatic heterocycles. The highest BCUT2D eigenvalue weighted by Gasteiger charge is 2.38. The molecule has 0 aromatic carbocycles. The molecule has 5 nitrogen and oxygen atoms in total. The van der Waals surface area contributed by atoms with Crippen molar-refractivity contribution in [3.63, 3.8) is 0 Å². The number of amides is 1. The average molecular weight is 347 g/mol. The Morgan fingerprint density at radius 2 is 2.08 bits per heavy atom. The Balaban J connectivity index is 1.55. The molecule has 1 amide bonds. The fourth-order valence-electron chi connectivity index (χ4n) is 3.42. The molecule has 7 heteroatoms. The summed E-state index contributed by atoms with van der Waals surface area (Å²) in [6.07, 6.45) is 2.65. The van der Waals surface area contributed by atoms with E-state index >= 15 is 0 Å². The first-order valence-corrected chi connectivity index (χ1v) is 8.44. The van der Waals surface area contributed by atoms with Gasteiger partial charge in [-0.1, -0.05) is 0 Å². The lowest BCUT2D eigenvalue weighted by atomic mass is 9.82. The number of pyridine rings is 1. The van der Waals surface area contributed by atoms with E-state index in [-0.39, 0.29) is 30.5 Å². The van der Waals surface area contributed by atoms with Crippen LogP contribution in [0.2, 0.25) is 0 Å². The van der Waals surface area contributed by atoms with E-state index < -0.39 is 18.1 Å². The van der Waals surface area contributed by atoms with E-state index in [9.17, 15) is 13.6 Å². The molecule has 1 saturated carbocycles. The first-order valence-electron chi connectivity index (χ1n) is 8.44. The number of nitrogens with zero attached hydrogens (tertiary/aromatic N) is 3. The molecular weight excluding hydrogens is 328 g/mol. The summed E-state index contributed by atoms with van der Waals surface area (Å²) in [6.45, 7) is 1.27. The number of hydrogen-bond acceptors (Lipinski definition) is 3. The number of alkyl halides is 1. The average Bonchev–Trinajstić information content (AvgIpc) is 2.92. The van der Waals surface area contributed by atoms with Crippen LogP contribution in [0.1, 0.15) is 18.5 Å². The molecule has 0 N–H and O–H groups in total. The largest absolute Gasteiger partial charge is 0.468 e. The van der Waals surface area contributed by atoms with Crippen molar-refractivity contribution in [3.05, 3.63) is 48.2 Å². The zero-order valence-electron chi connectivity index (χ0n) is 13.6. The lowest BCUT2D eigenvalue weighted by Gasteiger charge is -2.34. The van der Waals surface area contributed by atoms with E-state index in [4.69, 9.17) is 4.74 Å². The predicted molar refractivity (Wildman–Crippen MR) is 86.1 cm³/mol. The van der Waals surface area contributed by atoms with Crippen molar-refractivity contribution < 1.29 is 18.3 Å². The van der Waals surface area contributed by atoms with Crippen LogP contribution in [0.5, 0.6) is 5.88 Å². The zero-order chi connectivity index (χ0) is 17.4. The summed E-state index contributed by atoms with van der Waals surface area (Å²) in [5.74, 6) is -0.915. The third kappa shape index (κ3) is 3.23. The Labute approximate surface area is 144 Å². The number of hydrogen-bond donors (Lipinski definition) is 0. The second-order valence-electron chi connectivity index (χ2n) is 6.67. The van der Waals surface area contributed by atoms with Gasteiger partial charge in [0.05, 0.1) is 19.6 Å². The van der Waals surface area contributed by atoms with Gasteiger partial charge in [0.1, 0.15) is 12.3 Å². The third-order valence-electron chi connectivity index (χ3n) is 4.85. The number of fused-ring (bicyclic) bond motifs is 1. The molecule has 0 radical (unpaired) electrons. The summed E-state index contributed by atoms with van der Waals surface area (Å²) in [5, 5.41) is 0. The Morgan fingerprint density at radius 3 is 2.84 bits per heavy atom. The Hall–Kier alpha value is -2.44. The number of ether oxygens (including phenoxy) is 1. The van der Waals surface area contributed by atoms with Crippen LogP contribution in [0, 0.1) is 11.7 Å². The topological polar surface area (TPSA) is 47.4 Å². The second-order valence-corrected chi connectivity index (χ2v) is 6.67. The van der Waals surface area contributed by atoms with Crippen LogP contribution in [-0.4, -0.2) is 39.2 Å². The molecule has 132 valence electrons. The molecule has 1 aliphatic heterocycles. The van der Waals surface area contributed by atoms with Gasteiger partial charge in [0.2, 0.25) is 5.91 Å². The summed E-state index contributed by atoms with van der Waals surface area (Å²) in [4.78, 5) is 18.3. The van der Waals surface area contributed by atoms with Gasteiger partial charge in [-0.3, -0.25) is 4.79 Å². The monoisotopic (exact) mass is 347 g/mol. The minimum Gasteiger partial charge on any atom is -0.468 e. The lowest BCUT2D eigenvalue weighted by Crippen LogP contribution is -2.45. The third-order valence-corrected chi connectivity index (χ3v) is 4.85. The van der Waals surface area contributed by atoms with Gasteiger partial charge < -0.3 is 14.2 Å². The highest BCUT2D eigenvalue weighted by atomic mass is 19.1. The maximum atomic E-state index is 13.9. The fraction of sp³-hybridized carbons (Fsp3) is 0.444. The molecule has 2 aromatic rings. The van der Waals surface area contributed by atoms with E-state index in [1.807, 2.05) is 22.9 Å². The van der Waals surface area contributed by atoms with Crippen molar-refractivity contribution in [2.24, 2.45) is 5.92 Å². The Kier molecular flexibility index (Phi) is 4.15. The van der Waals surface area contributed by atoms with Crippen LogP contribution in [0.4, 0.5) is 8.78 Å². The van der Waals surface area contributed by atoms with Crippen LogP contribution in [-0.2, 0) is 17.9 Å². The minimum absolute atomic E-state index is 0.0568. The summed E-state index contributed by atoms with van der Waals surface area (Å²) < 4.78 is 34.7. The summed E-state index contributed by atoms with van der Waals surface area (Å²) in [5.41, 5.74) is 0.983. The standard InChI is InChI=1S/C18H19F2N3O2/c19-13-7-12(8-13)18(24)23-9-14-3-2-6-22(14)10-15(11-23)25-17-16(20)4-1-5-21-17/h1-6,12-13,15H,7-11H2/t12?,13?,15-/m0/s1. The van der Waals surface area contributed by atoms with Crippen LogP contribution in [0.15, 0.2) is 36.7 Å². The van der Waals surface area contributed by atoms with Gasteiger partial charge in [-0.2, -0.15) is 0 Å². The highest BCUT2D eigenvalue weighted by molar-refractivity contribution is 5.80. The van der Waals surface area contributed by atoms with Gasteiger partial charge in [0.15, 0.2) is 5.82 Å². The molecule has 2 aliphatic rings. The zero-order valence-corrected chi connectivity index (χ0v) is 13.6. The van der Waals surface area contributed by atoms with Crippen molar-refractivity contribution in [3.8, 4) is 5.88 Å². The number of halogens is 2. The molecule has 1 atom stereocenters. The van der Waals surface area contributed by atoms with Crippen molar-refractivity contribution in [1.82, 2.24) is 14.5 Å². The maximum Gasteiger partial charge on any atom is 0.250 e. The van der Waals surface area contributed by atoms with Gasteiger partial charge in [0.25, 0.3) is 5.88 Å². The highest BCUT2D eigenvalue weighted by Crippen LogP contribution is 2.32. The van der Waals surface area contributed by atoms with Crippen LogP contribution in [0.25, 0.3) is 0 Å². The molecule has 0 saturated heterocycles. The fourth-order valence-corrected chi connectivity index (χ4v) is 3.42. The van der Waals surface area contributed by atoms with Crippen molar-refractivity contribution in [1.29, 1.82) is 0 Å². The minimum atomic E-state index is -0.876. The summed E-state index contributed by atoms with van der Waals surface area (Å²) >= 11 is 0. The van der Waals surface area contributed by atoms with E-state index in [1.54, 1.807) is 4.90 Å².